The number of halogens is 1. The number of nitrogens with one attached hydrogen (secondary N) is 2. The lowest BCUT2D eigenvalue weighted by Gasteiger charge is -2.23. The first-order valence-electron chi connectivity index (χ1n) is 11.1. The quantitative estimate of drug-likeness (QED) is 0.360. The number of pyridine rings is 1. The molecule has 1 aliphatic heterocycles. The predicted molar refractivity (Wildman–Crippen MR) is 145 cm³/mol. The van der Waals surface area contributed by atoms with Gasteiger partial charge in [-0.25, -0.2) is 5.01 Å². The van der Waals surface area contributed by atoms with Gasteiger partial charge < -0.3 is 15.0 Å². The van der Waals surface area contributed by atoms with Gasteiger partial charge in [0.1, 0.15) is 5.75 Å². The molecule has 5 rings (SSSR count). The summed E-state index contributed by atoms with van der Waals surface area (Å²) >= 11 is 12.0. The Morgan fingerprint density at radius 2 is 1.86 bits per heavy atom. The van der Waals surface area contributed by atoms with Gasteiger partial charge in [-0.2, -0.15) is 5.10 Å². The van der Waals surface area contributed by atoms with Crippen LogP contribution in [0.4, 0.5) is 0 Å². The highest BCUT2D eigenvalue weighted by Gasteiger charge is 2.34. The van der Waals surface area contributed by atoms with Crippen LogP contribution in [0.3, 0.4) is 0 Å². The summed E-state index contributed by atoms with van der Waals surface area (Å²) in [5.74, 6) is 0.768. The lowest BCUT2D eigenvalue weighted by Crippen LogP contribution is -2.34. The third-order valence-electron chi connectivity index (χ3n) is 6.16. The van der Waals surface area contributed by atoms with Crippen molar-refractivity contribution in [3.05, 3.63) is 99.3 Å². The molecule has 0 bridgehead atoms. The van der Waals surface area contributed by atoms with Crippen molar-refractivity contribution in [2.45, 2.75) is 12.5 Å². The van der Waals surface area contributed by atoms with Gasteiger partial charge in [-0.1, -0.05) is 54.1 Å². The van der Waals surface area contributed by atoms with Crippen LogP contribution in [-0.4, -0.2) is 35.0 Å². The number of hydrogen-bond acceptors (Lipinski definition) is 4. The van der Waals surface area contributed by atoms with Crippen LogP contribution in [0.5, 0.6) is 5.75 Å². The van der Waals surface area contributed by atoms with Crippen molar-refractivity contribution in [3.63, 3.8) is 0 Å². The van der Waals surface area contributed by atoms with Crippen molar-refractivity contribution in [1.82, 2.24) is 15.3 Å². The number of benzene rings is 3. The van der Waals surface area contributed by atoms with E-state index in [-0.39, 0.29) is 11.6 Å². The molecule has 1 atom stereocenters. The maximum Gasteiger partial charge on any atom is 0.258 e. The highest BCUT2D eigenvalue weighted by molar-refractivity contribution is 7.80. The average molecular weight is 503 g/mol. The van der Waals surface area contributed by atoms with E-state index in [2.05, 4.69) is 10.3 Å². The number of nitrogens with zero attached hydrogens (tertiary/aromatic N) is 2. The summed E-state index contributed by atoms with van der Waals surface area (Å²) in [5.41, 5.74) is 4.42. The summed E-state index contributed by atoms with van der Waals surface area (Å²) in [6.45, 7) is 0. The molecule has 6 nitrogen and oxygen atoms in total. The van der Waals surface area contributed by atoms with E-state index in [1.54, 1.807) is 25.2 Å². The van der Waals surface area contributed by atoms with E-state index in [1.807, 2.05) is 66.7 Å². The molecule has 4 aromatic rings. The van der Waals surface area contributed by atoms with Crippen molar-refractivity contribution in [2.24, 2.45) is 5.10 Å². The highest BCUT2D eigenvalue weighted by Crippen LogP contribution is 2.37. The summed E-state index contributed by atoms with van der Waals surface area (Å²) in [6.07, 6.45) is 0.503. The topological polar surface area (TPSA) is 69.7 Å². The Morgan fingerprint density at radius 3 is 2.54 bits per heavy atom. The molecule has 0 fully saturated rings. The zero-order chi connectivity index (χ0) is 24.5. The number of aromatic amines is 1. The largest absolute Gasteiger partial charge is 0.497 e. The van der Waals surface area contributed by atoms with Gasteiger partial charge in [0.2, 0.25) is 0 Å². The number of fused-ring (bicyclic) bond motifs is 1. The van der Waals surface area contributed by atoms with Crippen LogP contribution in [0.2, 0.25) is 5.02 Å². The Bertz CT molecular complexity index is 1500. The van der Waals surface area contributed by atoms with Gasteiger partial charge in [0, 0.05) is 35.0 Å². The number of rotatable bonds is 4. The molecule has 3 aromatic carbocycles. The molecule has 0 saturated carbocycles. The highest BCUT2D eigenvalue weighted by atomic mass is 35.5. The number of H-pyrrole nitrogens is 1. The third kappa shape index (κ3) is 4.29. The van der Waals surface area contributed by atoms with Crippen LogP contribution < -0.4 is 15.6 Å². The van der Waals surface area contributed by atoms with Crippen molar-refractivity contribution in [1.29, 1.82) is 0 Å². The molecule has 0 radical (unpaired) electrons. The Kier molecular flexibility index (Phi) is 6.28. The van der Waals surface area contributed by atoms with Crippen molar-refractivity contribution in [3.8, 4) is 16.9 Å². The Hall–Kier alpha value is -3.68. The van der Waals surface area contributed by atoms with Gasteiger partial charge >= 0.3 is 0 Å². The van der Waals surface area contributed by atoms with Crippen LogP contribution in [0, 0.1) is 0 Å². The number of ether oxygens (including phenoxy) is 1. The minimum Gasteiger partial charge on any atom is -0.497 e. The molecule has 0 aliphatic carbocycles. The van der Waals surface area contributed by atoms with E-state index >= 15 is 0 Å². The maximum absolute atomic E-state index is 13.5. The zero-order valence-electron chi connectivity index (χ0n) is 19.2. The summed E-state index contributed by atoms with van der Waals surface area (Å²) in [4.78, 5) is 16.5. The first kappa shape index (κ1) is 23.1. The average Bonchev–Trinajstić information content (AvgIpc) is 3.33. The van der Waals surface area contributed by atoms with Gasteiger partial charge in [0.25, 0.3) is 5.56 Å². The smallest absolute Gasteiger partial charge is 0.258 e. The molecule has 2 heterocycles. The Morgan fingerprint density at radius 1 is 1.11 bits per heavy atom. The van der Waals surface area contributed by atoms with Crippen LogP contribution >= 0.6 is 23.8 Å². The van der Waals surface area contributed by atoms with Gasteiger partial charge in [-0.3, -0.25) is 4.79 Å². The monoisotopic (exact) mass is 502 g/mol. The molecule has 0 saturated heterocycles. The van der Waals surface area contributed by atoms with Crippen molar-refractivity contribution < 1.29 is 4.74 Å². The lowest BCUT2D eigenvalue weighted by molar-refractivity contribution is 0.365. The molecule has 176 valence electrons. The van der Waals surface area contributed by atoms with E-state index in [4.69, 9.17) is 33.7 Å². The number of hydrazone groups is 1. The predicted octanol–water partition coefficient (Wildman–Crippen LogP) is 5.51. The molecule has 1 aromatic heterocycles. The SMILES string of the molecule is CNC(=S)N1N=C(c2c(-c3ccccc3)c3cc(Cl)ccc3[nH]c2=O)CC1c1ccc(OC)cc1. The normalized spacial score (nSPS) is 15.2. The van der Waals surface area contributed by atoms with Crippen LogP contribution in [0.1, 0.15) is 23.6 Å². The number of hydrogen-bond donors (Lipinski definition) is 2. The molecule has 0 spiro atoms. The minimum absolute atomic E-state index is 0.172. The van der Waals surface area contributed by atoms with Crippen molar-refractivity contribution in [2.75, 3.05) is 14.2 Å². The molecule has 8 heteroatoms. The molecule has 0 amide bonds. The van der Waals surface area contributed by atoms with E-state index in [9.17, 15) is 4.79 Å². The lowest BCUT2D eigenvalue weighted by atomic mass is 9.91. The van der Waals surface area contributed by atoms with Gasteiger partial charge in [0.05, 0.1) is 24.4 Å². The molecular formula is C27H23ClN4O2S. The second-order valence-corrected chi connectivity index (χ2v) is 9.02. The van der Waals surface area contributed by atoms with Gasteiger partial charge in [0.15, 0.2) is 5.11 Å². The molecule has 2 N–H and O–H groups in total. The van der Waals surface area contributed by atoms with E-state index in [1.165, 1.54) is 0 Å². The van der Waals surface area contributed by atoms with Crippen LogP contribution in [0.25, 0.3) is 22.0 Å². The summed E-state index contributed by atoms with van der Waals surface area (Å²) < 4.78 is 5.31. The van der Waals surface area contributed by atoms with E-state index in [0.717, 1.165) is 33.3 Å². The fraction of sp³-hybridized carbons (Fsp3) is 0.148. The molecular weight excluding hydrogens is 480 g/mol. The summed E-state index contributed by atoms with van der Waals surface area (Å²) in [7, 11) is 3.40. The van der Waals surface area contributed by atoms with Crippen LogP contribution in [0.15, 0.2) is 82.7 Å². The van der Waals surface area contributed by atoms with Crippen LogP contribution in [-0.2, 0) is 0 Å². The van der Waals surface area contributed by atoms with Gasteiger partial charge in [-0.05, 0) is 53.7 Å². The molecule has 1 aliphatic rings. The number of thiocarbonyl (C=S) groups is 1. The maximum atomic E-state index is 13.5. The second-order valence-electron chi connectivity index (χ2n) is 8.20. The second kappa shape index (κ2) is 9.52. The third-order valence-corrected chi connectivity index (χ3v) is 6.79. The van der Waals surface area contributed by atoms with E-state index < -0.39 is 0 Å². The van der Waals surface area contributed by atoms with Crippen molar-refractivity contribution >= 4 is 45.5 Å². The minimum atomic E-state index is -0.205. The fourth-order valence-corrected chi connectivity index (χ4v) is 4.83. The zero-order valence-corrected chi connectivity index (χ0v) is 20.8. The first-order chi connectivity index (χ1) is 17.0. The molecule has 1 unspecified atom stereocenters. The standard InChI is InChI=1S/C27H23ClN4O2S/c1-29-27(35)32-23(16-8-11-19(34-2)12-9-16)15-22(31-32)25-24(17-6-4-3-5-7-17)20-14-18(28)10-13-21(20)30-26(25)33/h3-14,23H,15H2,1-2H3,(H,29,35)(H,30,33). The summed E-state index contributed by atoms with van der Waals surface area (Å²) in [6, 6.07) is 23.0. The van der Waals surface area contributed by atoms with Gasteiger partial charge in [-0.15, -0.1) is 0 Å². The molecule has 35 heavy (non-hydrogen) atoms. The fourth-order valence-electron chi connectivity index (χ4n) is 4.49. The first-order valence-corrected chi connectivity index (χ1v) is 11.9. The Labute approximate surface area is 213 Å². The number of aromatic nitrogens is 1. The number of methoxy groups -OCH3 is 1. The summed E-state index contributed by atoms with van der Waals surface area (Å²) in [5, 5.41) is 11.6. The van der Waals surface area contributed by atoms with E-state index in [0.29, 0.717) is 27.8 Å². The Balaban J connectivity index is 1.71.